The molecule has 0 unspecified atom stereocenters. The number of carbonyl (C=O) groups is 1. The lowest BCUT2D eigenvalue weighted by molar-refractivity contribution is 0.112. The largest absolute Gasteiger partial charge is 0.298 e. The number of hydrogen-bond donors (Lipinski definition) is 1. The first-order valence-corrected chi connectivity index (χ1v) is 5.72. The first-order valence-electron chi connectivity index (χ1n) is 4.46. The normalized spacial score (nSPS) is 10.7. The second-order valence-corrected chi connectivity index (χ2v) is 4.86. The van der Waals surface area contributed by atoms with E-state index in [0.29, 0.717) is 0 Å². The van der Waals surface area contributed by atoms with Crippen molar-refractivity contribution in [1.29, 1.82) is 0 Å². The maximum atomic E-state index is 10.9. The molecule has 3 heteroatoms. The van der Waals surface area contributed by atoms with Crippen molar-refractivity contribution in [2.45, 2.75) is 17.6 Å². The molecule has 0 radical (unpaired) electrons. The molecule has 0 saturated carbocycles. The van der Waals surface area contributed by atoms with Crippen LogP contribution in [0.5, 0.6) is 0 Å². The Morgan fingerprint density at radius 2 is 2.29 bits per heavy atom. The van der Waals surface area contributed by atoms with Crippen molar-refractivity contribution >= 4 is 40.3 Å². The van der Waals surface area contributed by atoms with Gasteiger partial charge in [-0.05, 0) is 12.0 Å². The fourth-order valence-corrected chi connectivity index (χ4v) is 3.12. The van der Waals surface area contributed by atoms with Gasteiger partial charge in [-0.3, -0.25) is 4.79 Å². The fourth-order valence-electron chi connectivity index (χ4n) is 1.58. The van der Waals surface area contributed by atoms with Crippen molar-refractivity contribution in [2.24, 2.45) is 0 Å². The van der Waals surface area contributed by atoms with Crippen molar-refractivity contribution in [2.75, 3.05) is 0 Å². The van der Waals surface area contributed by atoms with Crippen molar-refractivity contribution in [1.82, 2.24) is 0 Å². The zero-order valence-corrected chi connectivity index (χ0v) is 9.49. The van der Waals surface area contributed by atoms with Gasteiger partial charge in [0.05, 0.1) is 4.21 Å². The summed E-state index contributed by atoms with van der Waals surface area (Å²) in [5, 5.41) is 1.04. The summed E-state index contributed by atoms with van der Waals surface area (Å²) in [5.41, 5.74) is 2.01. The van der Waals surface area contributed by atoms with Crippen LogP contribution >= 0.6 is 24.0 Å². The summed E-state index contributed by atoms with van der Waals surface area (Å²) >= 11 is 5.90. The summed E-state index contributed by atoms with van der Waals surface area (Å²) in [6.45, 7) is 2.12. The quantitative estimate of drug-likeness (QED) is 0.607. The molecule has 14 heavy (non-hydrogen) atoms. The van der Waals surface area contributed by atoms with Crippen LogP contribution in [0.25, 0.3) is 10.1 Å². The Balaban J connectivity index is 2.85. The smallest absolute Gasteiger partial charge is 0.152 e. The van der Waals surface area contributed by atoms with Crippen LogP contribution in [-0.4, -0.2) is 6.29 Å². The Morgan fingerprint density at radius 1 is 1.50 bits per heavy atom. The number of fused-ring (bicyclic) bond motifs is 1. The molecule has 2 aromatic rings. The molecule has 0 aliphatic heterocycles. The van der Waals surface area contributed by atoms with E-state index >= 15 is 0 Å². The highest BCUT2D eigenvalue weighted by atomic mass is 32.2. The van der Waals surface area contributed by atoms with Gasteiger partial charge < -0.3 is 0 Å². The van der Waals surface area contributed by atoms with E-state index < -0.39 is 0 Å². The van der Waals surface area contributed by atoms with E-state index in [9.17, 15) is 4.79 Å². The molecule has 0 spiro atoms. The van der Waals surface area contributed by atoms with Crippen LogP contribution in [0.1, 0.15) is 22.8 Å². The molecule has 0 bridgehead atoms. The Labute approximate surface area is 92.2 Å². The van der Waals surface area contributed by atoms with Gasteiger partial charge in [0.15, 0.2) is 6.29 Å². The van der Waals surface area contributed by atoms with Crippen LogP contribution < -0.4 is 0 Å². The van der Waals surface area contributed by atoms with Gasteiger partial charge >= 0.3 is 0 Å². The van der Waals surface area contributed by atoms with Gasteiger partial charge in [0.25, 0.3) is 0 Å². The van der Waals surface area contributed by atoms with E-state index in [0.717, 1.165) is 27.9 Å². The number of aldehydes is 1. The summed E-state index contributed by atoms with van der Waals surface area (Å²) in [5.74, 6) is 0. The topological polar surface area (TPSA) is 17.1 Å². The van der Waals surface area contributed by atoms with Gasteiger partial charge in [0.1, 0.15) is 0 Å². The summed E-state index contributed by atoms with van der Waals surface area (Å²) in [7, 11) is 0. The molecule has 1 nitrogen and oxygen atoms in total. The summed E-state index contributed by atoms with van der Waals surface area (Å²) in [6, 6.07) is 6.07. The van der Waals surface area contributed by atoms with Crippen molar-refractivity contribution < 1.29 is 4.79 Å². The highest BCUT2D eigenvalue weighted by Crippen LogP contribution is 2.35. The van der Waals surface area contributed by atoms with Crippen LogP contribution in [0.3, 0.4) is 0 Å². The minimum atomic E-state index is 0.726. The Hall–Kier alpha value is -0.800. The molecule has 0 fully saturated rings. The number of aryl methyl sites for hydroxylation is 1. The number of hydrogen-bond acceptors (Lipinski definition) is 3. The number of carbonyl (C=O) groups excluding carboxylic acids is 1. The molecule has 72 valence electrons. The molecule has 1 heterocycles. The molecular formula is C11H10OS2. The molecule has 0 aliphatic rings. The van der Waals surface area contributed by atoms with Crippen molar-refractivity contribution in [3.63, 3.8) is 0 Å². The number of benzene rings is 1. The first-order chi connectivity index (χ1) is 6.77. The Kier molecular flexibility index (Phi) is 2.61. The first kappa shape index (κ1) is 9.74. The van der Waals surface area contributed by atoms with Gasteiger partial charge in [0, 0.05) is 15.6 Å². The summed E-state index contributed by atoms with van der Waals surface area (Å²) in [4.78, 5) is 10.9. The Morgan fingerprint density at radius 3 is 2.93 bits per heavy atom. The highest BCUT2D eigenvalue weighted by molar-refractivity contribution is 7.83. The maximum absolute atomic E-state index is 10.9. The van der Waals surface area contributed by atoms with Gasteiger partial charge in [-0.15, -0.1) is 24.0 Å². The standard InChI is InChI=1S/C11H10OS2/c1-2-7-4-3-5-8-9(6-12)11(13)14-10(7)8/h3-6,13H,2H2,1H3. The summed E-state index contributed by atoms with van der Waals surface area (Å²) < 4.78 is 2.01. The van der Waals surface area contributed by atoms with Crippen LogP contribution in [0.4, 0.5) is 0 Å². The molecule has 0 N–H and O–H groups in total. The molecule has 2 rings (SSSR count). The third-order valence-corrected chi connectivity index (χ3v) is 3.93. The van der Waals surface area contributed by atoms with E-state index in [-0.39, 0.29) is 0 Å². The van der Waals surface area contributed by atoms with E-state index in [2.05, 4.69) is 25.6 Å². The highest BCUT2D eigenvalue weighted by Gasteiger charge is 2.10. The van der Waals surface area contributed by atoms with E-state index in [1.165, 1.54) is 10.3 Å². The number of rotatable bonds is 2. The average Bonchev–Trinajstić information content (AvgIpc) is 2.52. The molecular weight excluding hydrogens is 212 g/mol. The van der Waals surface area contributed by atoms with Crippen LogP contribution in [0.15, 0.2) is 22.4 Å². The Bertz CT molecular complexity index is 485. The van der Waals surface area contributed by atoms with Crippen molar-refractivity contribution in [3.8, 4) is 0 Å². The van der Waals surface area contributed by atoms with E-state index in [1.807, 2.05) is 12.1 Å². The van der Waals surface area contributed by atoms with Gasteiger partial charge in [-0.25, -0.2) is 0 Å². The number of thiophene rings is 1. The van der Waals surface area contributed by atoms with Crippen LogP contribution in [0, 0.1) is 0 Å². The molecule has 1 aromatic carbocycles. The third-order valence-electron chi connectivity index (χ3n) is 2.31. The van der Waals surface area contributed by atoms with Gasteiger partial charge in [-0.1, -0.05) is 25.1 Å². The molecule has 0 amide bonds. The average molecular weight is 222 g/mol. The van der Waals surface area contributed by atoms with E-state index in [1.54, 1.807) is 11.3 Å². The zero-order valence-electron chi connectivity index (χ0n) is 7.78. The lowest BCUT2D eigenvalue weighted by atomic mass is 10.1. The number of thiol groups is 1. The second kappa shape index (κ2) is 3.75. The van der Waals surface area contributed by atoms with Crippen LogP contribution in [0.2, 0.25) is 0 Å². The predicted molar refractivity (Wildman–Crippen MR) is 63.8 cm³/mol. The van der Waals surface area contributed by atoms with Crippen molar-refractivity contribution in [3.05, 3.63) is 29.3 Å². The summed E-state index contributed by atoms with van der Waals surface area (Å²) in [6.07, 6.45) is 1.88. The monoisotopic (exact) mass is 222 g/mol. The predicted octanol–water partition coefficient (Wildman–Crippen LogP) is 3.56. The maximum Gasteiger partial charge on any atom is 0.152 e. The van der Waals surface area contributed by atoms with Crippen LogP contribution in [-0.2, 0) is 6.42 Å². The fraction of sp³-hybridized carbons (Fsp3) is 0.182. The zero-order chi connectivity index (χ0) is 10.1. The van der Waals surface area contributed by atoms with E-state index in [4.69, 9.17) is 0 Å². The minimum Gasteiger partial charge on any atom is -0.298 e. The molecule has 1 aromatic heterocycles. The van der Waals surface area contributed by atoms with Gasteiger partial charge in [0.2, 0.25) is 0 Å². The minimum absolute atomic E-state index is 0.726. The SMILES string of the molecule is CCc1cccc2c(C=O)c(S)sc12. The molecule has 0 saturated heterocycles. The molecule has 0 atom stereocenters. The third kappa shape index (κ3) is 1.37. The molecule has 0 aliphatic carbocycles. The second-order valence-electron chi connectivity index (χ2n) is 3.09. The lowest BCUT2D eigenvalue weighted by Gasteiger charge is -1.97. The lowest BCUT2D eigenvalue weighted by Crippen LogP contribution is -1.81. The van der Waals surface area contributed by atoms with Gasteiger partial charge in [-0.2, -0.15) is 0 Å².